The molecule has 3 rings (SSSR count). The van der Waals surface area contributed by atoms with Crippen LogP contribution in [-0.2, 0) is 26.2 Å². The topological polar surface area (TPSA) is 86.8 Å². The minimum atomic E-state index is -4.15. The largest absolute Gasteiger partial charge is 0.352 e. The van der Waals surface area contributed by atoms with Gasteiger partial charge in [0.05, 0.1) is 10.6 Å². The highest BCUT2D eigenvalue weighted by Crippen LogP contribution is 2.30. The number of nitrogens with one attached hydrogen (secondary N) is 1. The predicted molar refractivity (Wildman–Crippen MR) is 166 cm³/mol. The van der Waals surface area contributed by atoms with Crippen molar-refractivity contribution < 1.29 is 18.0 Å². The van der Waals surface area contributed by atoms with E-state index in [2.05, 4.69) is 5.32 Å². The van der Waals surface area contributed by atoms with Gasteiger partial charge in [0, 0.05) is 28.2 Å². The third-order valence-corrected chi connectivity index (χ3v) is 9.53. The third kappa shape index (κ3) is 7.82. The third-order valence-electron chi connectivity index (χ3n) is 7.05. The van der Waals surface area contributed by atoms with Gasteiger partial charge in [-0.2, -0.15) is 0 Å². The lowest BCUT2D eigenvalue weighted by Gasteiger charge is -2.34. The fraction of sp³-hybridized carbons (Fsp3) is 0.355. The Morgan fingerprint density at radius 2 is 1.49 bits per heavy atom. The number of nitrogens with zero attached hydrogens (tertiary/aromatic N) is 2. The summed E-state index contributed by atoms with van der Waals surface area (Å²) in [5.74, 6) is -0.895. The smallest absolute Gasteiger partial charge is 0.264 e. The van der Waals surface area contributed by atoms with Crippen LogP contribution in [0, 0.1) is 13.8 Å². The molecule has 0 aliphatic heterocycles. The molecule has 0 radical (unpaired) electrons. The molecule has 1 N–H and O–H groups in total. The summed E-state index contributed by atoms with van der Waals surface area (Å²) in [5, 5.41) is 3.64. The van der Waals surface area contributed by atoms with Crippen LogP contribution < -0.4 is 9.62 Å². The molecule has 2 atom stereocenters. The standard InChI is InChI=1S/C31H37Cl2N3O4S/c1-6-23(5)34-31(38)28(7-2)35(19-25-26(32)12-10-13-27(25)33)30(37)20-36(29-14-9-8-11-22(29)4)41(39,40)24-17-15-21(3)16-18-24/h8-18,23,28H,6-7,19-20H2,1-5H3,(H,34,38)/t23-,28-/m0/s1. The van der Waals surface area contributed by atoms with Crippen molar-refractivity contribution in [3.63, 3.8) is 0 Å². The number of halogens is 2. The molecule has 0 aliphatic rings. The molecule has 41 heavy (non-hydrogen) atoms. The van der Waals surface area contributed by atoms with Crippen molar-refractivity contribution in [3.8, 4) is 0 Å². The molecule has 0 spiro atoms. The molecular formula is C31H37Cl2N3O4S. The van der Waals surface area contributed by atoms with Gasteiger partial charge in [-0.25, -0.2) is 8.42 Å². The van der Waals surface area contributed by atoms with Gasteiger partial charge < -0.3 is 10.2 Å². The van der Waals surface area contributed by atoms with Crippen molar-refractivity contribution in [3.05, 3.63) is 93.5 Å². The van der Waals surface area contributed by atoms with Gasteiger partial charge in [0.25, 0.3) is 10.0 Å². The summed E-state index contributed by atoms with van der Waals surface area (Å²) in [6.07, 6.45) is 1.01. The maximum atomic E-state index is 14.2. The second-order valence-corrected chi connectivity index (χ2v) is 12.8. The van der Waals surface area contributed by atoms with Crippen LogP contribution in [0.25, 0.3) is 0 Å². The van der Waals surface area contributed by atoms with Gasteiger partial charge in [-0.15, -0.1) is 0 Å². The first-order valence-electron chi connectivity index (χ1n) is 13.6. The maximum absolute atomic E-state index is 14.2. The summed E-state index contributed by atoms with van der Waals surface area (Å²) in [4.78, 5) is 29.1. The van der Waals surface area contributed by atoms with Gasteiger partial charge in [-0.3, -0.25) is 13.9 Å². The molecule has 0 fully saturated rings. The summed E-state index contributed by atoms with van der Waals surface area (Å²) < 4.78 is 29.1. The molecule has 3 aromatic rings. The molecule has 0 heterocycles. The van der Waals surface area contributed by atoms with Gasteiger partial charge in [0.2, 0.25) is 11.8 Å². The molecule has 0 unspecified atom stereocenters. The van der Waals surface area contributed by atoms with E-state index < -0.39 is 28.5 Å². The first kappa shape index (κ1) is 32.4. The van der Waals surface area contributed by atoms with Crippen LogP contribution in [0.2, 0.25) is 10.0 Å². The van der Waals surface area contributed by atoms with E-state index in [4.69, 9.17) is 23.2 Å². The first-order valence-corrected chi connectivity index (χ1v) is 15.8. The molecule has 0 saturated heterocycles. The predicted octanol–water partition coefficient (Wildman–Crippen LogP) is 6.53. The van der Waals surface area contributed by atoms with E-state index >= 15 is 0 Å². The highest BCUT2D eigenvalue weighted by molar-refractivity contribution is 7.92. The van der Waals surface area contributed by atoms with Gasteiger partial charge in [0.15, 0.2) is 0 Å². The van der Waals surface area contributed by atoms with Crippen LogP contribution in [0.3, 0.4) is 0 Å². The number of carbonyl (C=O) groups is 2. The molecule has 2 amide bonds. The lowest BCUT2D eigenvalue weighted by Crippen LogP contribution is -2.53. The highest BCUT2D eigenvalue weighted by Gasteiger charge is 2.35. The average molecular weight is 619 g/mol. The van der Waals surface area contributed by atoms with Crippen LogP contribution >= 0.6 is 23.2 Å². The molecule has 7 nitrogen and oxygen atoms in total. The van der Waals surface area contributed by atoms with E-state index in [0.717, 1.165) is 9.87 Å². The molecule has 0 aromatic heterocycles. The average Bonchev–Trinajstić information content (AvgIpc) is 2.93. The van der Waals surface area contributed by atoms with E-state index in [-0.39, 0.29) is 23.4 Å². The van der Waals surface area contributed by atoms with Crippen LogP contribution in [0.4, 0.5) is 5.69 Å². The molecule has 220 valence electrons. The summed E-state index contributed by atoms with van der Waals surface area (Å²) >= 11 is 12.9. The van der Waals surface area contributed by atoms with Gasteiger partial charge in [-0.1, -0.05) is 79.0 Å². The lowest BCUT2D eigenvalue weighted by atomic mass is 10.1. The molecule has 0 bridgehead atoms. The molecule has 0 saturated carbocycles. The van der Waals surface area contributed by atoms with Crippen LogP contribution in [0.15, 0.2) is 71.6 Å². The minimum absolute atomic E-state index is 0.0569. The number of sulfonamides is 1. The Labute approximate surface area is 253 Å². The van der Waals surface area contributed by atoms with Crippen LogP contribution in [0.5, 0.6) is 0 Å². The Kier molecular flexibility index (Phi) is 11.2. The lowest BCUT2D eigenvalue weighted by molar-refractivity contribution is -0.140. The number of anilines is 1. The Morgan fingerprint density at radius 1 is 0.878 bits per heavy atom. The minimum Gasteiger partial charge on any atom is -0.352 e. The number of carbonyl (C=O) groups excluding carboxylic acids is 2. The van der Waals surface area contributed by atoms with Crippen molar-refractivity contribution >= 4 is 50.7 Å². The molecular weight excluding hydrogens is 581 g/mol. The van der Waals surface area contributed by atoms with Gasteiger partial charge >= 0.3 is 0 Å². The normalized spacial score (nSPS) is 12.9. The number of rotatable bonds is 12. The zero-order chi connectivity index (χ0) is 30.3. The zero-order valence-corrected chi connectivity index (χ0v) is 26.4. The number of hydrogen-bond donors (Lipinski definition) is 1. The summed E-state index contributed by atoms with van der Waals surface area (Å²) in [7, 11) is -4.15. The fourth-order valence-corrected chi connectivity index (χ4v) is 6.40. The number of para-hydroxylation sites is 1. The van der Waals surface area contributed by atoms with Crippen molar-refractivity contribution in [2.45, 2.75) is 71.0 Å². The Hall–Kier alpha value is -3.07. The van der Waals surface area contributed by atoms with E-state index in [1.54, 1.807) is 68.4 Å². The SMILES string of the molecule is CC[C@H](C)NC(=O)[C@H](CC)N(Cc1c(Cl)cccc1Cl)C(=O)CN(c1ccccc1C)S(=O)(=O)c1ccc(C)cc1. The number of benzene rings is 3. The van der Waals surface area contributed by atoms with Crippen molar-refractivity contribution in [1.29, 1.82) is 0 Å². The summed E-state index contributed by atoms with van der Waals surface area (Å²) in [5.41, 5.74) is 2.43. The van der Waals surface area contributed by atoms with Crippen molar-refractivity contribution in [2.24, 2.45) is 0 Å². The second kappa shape index (κ2) is 14.2. The van der Waals surface area contributed by atoms with E-state index in [0.29, 0.717) is 39.7 Å². The zero-order valence-electron chi connectivity index (χ0n) is 24.0. The van der Waals surface area contributed by atoms with Crippen LogP contribution in [-0.4, -0.2) is 43.8 Å². The van der Waals surface area contributed by atoms with E-state index in [1.807, 2.05) is 20.8 Å². The van der Waals surface area contributed by atoms with E-state index in [1.165, 1.54) is 17.0 Å². The monoisotopic (exact) mass is 617 g/mol. The van der Waals surface area contributed by atoms with Crippen molar-refractivity contribution in [2.75, 3.05) is 10.8 Å². The van der Waals surface area contributed by atoms with Gasteiger partial charge in [0.1, 0.15) is 12.6 Å². The first-order chi connectivity index (χ1) is 19.4. The Morgan fingerprint density at radius 3 is 2.05 bits per heavy atom. The fourth-order valence-electron chi connectivity index (χ4n) is 4.41. The van der Waals surface area contributed by atoms with Gasteiger partial charge in [-0.05, 0) is 69.5 Å². The number of hydrogen-bond acceptors (Lipinski definition) is 4. The van der Waals surface area contributed by atoms with Crippen LogP contribution in [0.1, 0.15) is 50.3 Å². The number of amides is 2. The van der Waals surface area contributed by atoms with Crippen molar-refractivity contribution in [1.82, 2.24) is 10.2 Å². The molecule has 3 aromatic carbocycles. The highest BCUT2D eigenvalue weighted by atomic mass is 35.5. The molecule has 10 heteroatoms. The van der Waals surface area contributed by atoms with E-state index in [9.17, 15) is 18.0 Å². The second-order valence-electron chi connectivity index (χ2n) is 10.1. The number of aryl methyl sites for hydroxylation is 2. The molecule has 0 aliphatic carbocycles. The summed E-state index contributed by atoms with van der Waals surface area (Å²) in [6, 6.07) is 17.5. The maximum Gasteiger partial charge on any atom is 0.264 e. The summed E-state index contributed by atoms with van der Waals surface area (Å²) in [6.45, 7) is 8.69. The quantitative estimate of drug-likeness (QED) is 0.250. The Bertz CT molecular complexity index is 1460. The Balaban J connectivity index is 2.11.